The maximum absolute atomic E-state index is 12.5. The molecule has 1 saturated heterocycles. The van der Waals surface area contributed by atoms with Crippen molar-refractivity contribution in [2.75, 3.05) is 31.1 Å². The second-order valence-electron chi connectivity index (χ2n) is 4.25. The Bertz CT molecular complexity index is 425. The van der Waals surface area contributed by atoms with Gasteiger partial charge in [-0.25, -0.2) is 9.97 Å². The standard InChI is InChI=1S/C11H15F3N4O/c12-11(13,14)10-16-4-2-9(17-10)18-5-6-19-8(7-18)1-3-15/h2,4,8H,1,3,5-7,15H2. The number of halogens is 3. The highest BCUT2D eigenvalue weighted by molar-refractivity contribution is 5.38. The summed E-state index contributed by atoms with van der Waals surface area (Å²) in [4.78, 5) is 8.58. The summed E-state index contributed by atoms with van der Waals surface area (Å²) in [6.07, 6.45) is -2.80. The summed E-state index contributed by atoms with van der Waals surface area (Å²) in [5.74, 6) is -0.848. The van der Waals surface area contributed by atoms with Crippen molar-refractivity contribution < 1.29 is 17.9 Å². The zero-order valence-electron chi connectivity index (χ0n) is 10.2. The Kier molecular flexibility index (Phi) is 4.20. The Morgan fingerprint density at radius 1 is 1.47 bits per heavy atom. The lowest BCUT2D eigenvalue weighted by molar-refractivity contribution is -0.144. The summed E-state index contributed by atoms with van der Waals surface area (Å²) < 4.78 is 43.1. The van der Waals surface area contributed by atoms with Gasteiger partial charge < -0.3 is 15.4 Å². The number of hydrogen-bond donors (Lipinski definition) is 1. The lowest BCUT2D eigenvalue weighted by Gasteiger charge is -2.33. The van der Waals surface area contributed by atoms with Gasteiger partial charge in [-0.1, -0.05) is 0 Å². The van der Waals surface area contributed by atoms with E-state index in [9.17, 15) is 13.2 Å². The van der Waals surface area contributed by atoms with Crippen LogP contribution in [0.25, 0.3) is 0 Å². The molecule has 1 atom stereocenters. The second kappa shape index (κ2) is 5.70. The molecule has 1 aliphatic heterocycles. The fourth-order valence-electron chi connectivity index (χ4n) is 1.95. The third-order valence-corrected chi connectivity index (χ3v) is 2.85. The van der Waals surface area contributed by atoms with Crippen molar-refractivity contribution in [3.8, 4) is 0 Å². The van der Waals surface area contributed by atoms with Crippen LogP contribution in [0.1, 0.15) is 12.2 Å². The largest absolute Gasteiger partial charge is 0.451 e. The molecule has 0 aliphatic carbocycles. The van der Waals surface area contributed by atoms with E-state index in [2.05, 4.69) is 9.97 Å². The Balaban J connectivity index is 2.13. The normalized spacial score (nSPS) is 20.6. The number of rotatable bonds is 3. The number of ether oxygens (including phenoxy) is 1. The van der Waals surface area contributed by atoms with E-state index < -0.39 is 12.0 Å². The minimum absolute atomic E-state index is 0.0666. The summed E-state index contributed by atoms with van der Waals surface area (Å²) in [6, 6.07) is 1.47. The summed E-state index contributed by atoms with van der Waals surface area (Å²) in [5, 5.41) is 0. The van der Waals surface area contributed by atoms with Crippen molar-refractivity contribution in [1.29, 1.82) is 0 Å². The van der Waals surface area contributed by atoms with Crippen LogP contribution in [0, 0.1) is 0 Å². The third-order valence-electron chi connectivity index (χ3n) is 2.85. The highest BCUT2D eigenvalue weighted by Gasteiger charge is 2.35. The lowest BCUT2D eigenvalue weighted by Crippen LogP contribution is -2.43. The van der Waals surface area contributed by atoms with Gasteiger partial charge in [-0.05, 0) is 19.0 Å². The van der Waals surface area contributed by atoms with Gasteiger partial charge in [-0.2, -0.15) is 13.2 Å². The highest BCUT2D eigenvalue weighted by atomic mass is 19.4. The molecule has 0 bridgehead atoms. The number of aromatic nitrogens is 2. The van der Waals surface area contributed by atoms with Crippen molar-refractivity contribution >= 4 is 5.82 Å². The molecule has 1 aromatic heterocycles. The van der Waals surface area contributed by atoms with E-state index in [1.807, 2.05) is 0 Å². The molecule has 5 nitrogen and oxygen atoms in total. The summed E-state index contributed by atoms with van der Waals surface area (Å²) in [6.45, 7) is 1.94. The predicted octanol–water partition coefficient (Wildman–Crippen LogP) is 1.05. The molecular formula is C11H15F3N4O. The predicted molar refractivity (Wildman–Crippen MR) is 62.7 cm³/mol. The van der Waals surface area contributed by atoms with Crippen molar-refractivity contribution in [2.24, 2.45) is 5.73 Å². The quantitative estimate of drug-likeness (QED) is 0.894. The first-order valence-corrected chi connectivity index (χ1v) is 5.97. The molecule has 1 fully saturated rings. The molecule has 0 aromatic carbocycles. The third kappa shape index (κ3) is 3.54. The number of hydrogen-bond acceptors (Lipinski definition) is 5. The van der Waals surface area contributed by atoms with E-state index in [4.69, 9.17) is 10.5 Å². The summed E-state index contributed by atoms with van der Waals surface area (Å²) in [7, 11) is 0. The molecular weight excluding hydrogens is 261 g/mol. The molecule has 0 amide bonds. The van der Waals surface area contributed by atoms with Crippen LogP contribution in [0.4, 0.5) is 19.0 Å². The van der Waals surface area contributed by atoms with Crippen LogP contribution in [0.15, 0.2) is 12.3 Å². The summed E-state index contributed by atoms with van der Waals surface area (Å²) in [5.41, 5.74) is 5.45. The van der Waals surface area contributed by atoms with Crippen molar-refractivity contribution in [3.63, 3.8) is 0 Å². The molecule has 1 aromatic rings. The number of alkyl halides is 3. The van der Waals surface area contributed by atoms with E-state index in [0.29, 0.717) is 32.7 Å². The first-order chi connectivity index (χ1) is 9.00. The fourth-order valence-corrected chi connectivity index (χ4v) is 1.95. The molecule has 8 heteroatoms. The Morgan fingerprint density at radius 2 is 2.26 bits per heavy atom. The zero-order valence-corrected chi connectivity index (χ0v) is 10.2. The van der Waals surface area contributed by atoms with Gasteiger partial charge in [-0.3, -0.25) is 0 Å². The molecule has 0 radical (unpaired) electrons. The monoisotopic (exact) mass is 276 g/mol. The fraction of sp³-hybridized carbons (Fsp3) is 0.636. The van der Waals surface area contributed by atoms with Crippen molar-refractivity contribution in [1.82, 2.24) is 9.97 Å². The van der Waals surface area contributed by atoms with Crippen molar-refractivity contribution in [2.45, 2.75) is 18.7 Å². The molecule has 1 aliphatic rings. The lowest BCUT2D eigenvalue weighted by atomic mass is 10.2. The molecule has 2 N–H and O–H groups in total. The van der Waals surface area contributed by atoms with E-state index in [-0.39, 0.29) is 11.9 Å². The minimum atomic E-state index is -4.53. The van der Waals surface area contributed by atoms with Crippen LogP contribution in [-0.4, -0.2) is 42.3 Å². The average molecular weight is 276 g/mol. The van der Waals surface area contributed by atoms with Gasteiger partial charge in [-0.15, -0.1) is 0 Å². The molecule has 0 saturated carbocycles. The van der Waals surface area contributed by atoms with Gasteiger partial charge in [0.15, 0.2) is 0 Å². The van der Waals surface area contributed by atoms with E-state index >= 15 is 0 Å². The number of anilines is 1. The van der Waals surface area contributed by atoms with Crippen LogP contribution in [0.5, 0.6) is 0 Å². The van der Waals surface area contributed by atoms with Gasteiger partial charge in [0.25, 0.3) is 0 Å². The van der Waals surface area contributed by atoms with Crippen LogP contribution in [0.2, 0.25) is 0 Å². The summed E-state index contributed by atoms with van der Waals surface area (Å²) >= 11 is 0. The molecule has 2 rings (SSSR count). The highest BCUT2D eigenvalue weighted by Crippen LogP contribution is 2.27. The first-order valence-electron chi connectivity index (χ1n) is 5.97. The van der Waals surface area contributed by atoms with Crippen LogP contribution in [-0.2, 0) is 10.9 Å². The molecule has 1 unspecified atom stereocenters. The zero-order chi connectivity index (χ0) is 13.9. The van der Waals surface area contributed by atoms with Gasteiger partial charge >= 0.3 is 6.18 Å². The van der Waals surface area contributed by atoms with Gasteiger partial charge in [0, 0.05) is 19.3 Å². The average Bonchev–Trinajstić information content (AvgIpc) is 2.39. The molecule has 19 heavy (non-hydrogen) atoms. The smallest absolute Gasteiger partial charge is 0.374 e. The minimum Gasteiger partial charge on any atom is -0.374 e. The van der Waals surface area contributed by atoms with Crippen LogP contribution in [0.3, 0.4) is 0 Å². The Hall–Kier alpha value is -1.41. The molecule has 2 heterocycles. The second-order valence-corrected chi connectivity index (χ2v) is 4.25. The maximum atomic E-state index is 12.5. The van der Waals surface area contributed by atoms with Gasteiger partial charge in [0.2, 0.25) is 5.82 Å². The topological polar surface area (TPSA) is 64.3 Å². The Morgan fingerprint density at radius 3 is 2.95 bits per heavy atom. The van der Waals surface area contributed by atoms with E-state index in [1.54, 1.807) is 4.90 Å². The Labute approximate surface area is 108 Å². The number of morpholine rings is 1. The van der Waals surface area contributed by atoms with Crippen LogP contribution < -0.4 is 10.6 Å². The van der Waals surface area contributed by atoms with E-state index in [0.717, 1.165) is 6.20 Å². The van der Waals surface area contributed by atoms with Gasteiger partial charge in [0.05, 0.1) is 12.7 Å². The van der Waals surface area contributed by atoms with Crippen LogP contribution >= 0.6 is 0 Å². The number of nitrogens with two attached hydrogens (primary N) is 1. The first kappa shape index (κ1) is 14.0. The molecule has 0 spiro atoms. The van der Waals surface area contributed by atoms with E-state index in [1.165, 1.54) is 6.07 Å². The molecule has 106 valence electrons. The van der Waals surface area contributed by atoms with Crippen molar-refractivity contribution in [3.05, 3.63) is 18.1 Å². The SMILES string of the molecule is NCCC1CN(c2ccnc(C(F)(F)F)n2)CCO1. The van der Waals surface area contributed by atoms with Gasteiger partial charge in [0.1, 0.15) is 5.82 Å². The maximum Gasteiger partial charge on any atom is 0.451 e. The number of nitrogens with zero attached hydrogens (tertiary/aromatic N) is 3.